The minimum Gasteiger partial charge on any atom is -0.493 e. The van der Waals surface area contributed by atoms with E-state index in [4.69, 9.17) is 21.1 Å². The fourth-order valence-corrected chi connectivity index (χ4v) is 4.22. The highest BCUT2D eigenvalue weighted by Gasteiger charge is 2.28. The summed E-state index contributed by atoms with van der Waals surface area (Å²) in [4.78, 5) is 0.0451. The van der Waals surface area contributed by atoms with Gasteiger partial charge in [-0.1, -0.05) is 11.6 Å². The molecule has 1 saturated heterocycles. The average molecular weight is 335 g/mol. The third-order valence-electron chi connectivity index (χ3n) is 3.35. The molecule has 1 N–H and O–H groups in total. The minimum atomic E-state index is -3.65. The summed E-state index contributed by atoms with van der Waals surface area (Å²) in [6.07, 6.45) is 0.768. The molecular weight excluding hydrogens is 316 g/mol. The van der Waals surface area contributed by atoms with E-state index in [0.29, 0.717) is 31.1 Å². The second-order valence-electron chi connectivity index (χ2n) is 4.65. The molecule has 1 aromatic carbocycles. The van der Waals surface area contributed by atoms with Crippen LogP contribution in [0.4, 0.5) is 0 Å². The maximum absolute atomic E-state index is 12.7. The van der Waals surface area contributed by atoms with Gasteiger partial charge in [-0.05, 0) is 13.0 Å². The van der Waals surface area contributed by atoms with Crippen LogP contribution < -0.4 is 14.8 Å². The number of rotatable bonds is 4. The summed E-state index contributed by atoms with van der Waals surface area (Å²) in [6, 6.07) is 2.87. The summed E-state index contributed by atoms with van der Waals surface area (Å²) in [5.74, 6) is 0.743. The third kappa shape index (κ3) is 3.42. The fourth-order valence-electron chi connectivity index (χ4n) is 2.23. The standard InChI is InChI=1S/C13H19ClN2O4S/c1-19-11-8-10(14)13(9-12(11)20-2)21(17,18)16-6-3-4-15-5-7-16/h8-9,15H,3-7H2,1-2H3. The van der Waals surface area contributed by atoms with Crippen molar-refractivity contribution in [1.82, 2.24) is 9.62 Å². The predicted octanol–water partition coefficient (Wildman–Crippen LogP) is 1.34. The van der Waals surface area contributed by atoms with E-state index in [1.807, 2.05) is 0 Å². The maximum atomic E-state index is 12.7. The lowest BCUT2D eigenvalue weighted by Gasteiger charge is -2.21. The highest BCUT2D eigenvalue weighted by Crippen LogP contribution is 2.36. The van der Waals surface area contributed by atoms with Gasteiger partial charge in [0.05, 0.1) is 19.2 Å². The van der Waals surface area contributed by atoms with Crippen molar-refractivity contribution in [3.05, 3.63) is 17.2 Å². The van der Waals surface area contributed by atoms with Gasteiger partial charge in [0, 0.05) is 31.8 Å². The number of halogens is 1. The molecule has 0 radical (unpaired) electrons. The van der Waals surface area contributed by atoms with Crippen LogP contribution in [0.2, 0.25) is 5.02 Å². The van der Waals surface area contributed by atoms with Crippen LogP contribution in [-0.2, 0) is 10.0 Å². The Kier molecular flexibility index (Phi) is 5.32. The summed E-state index contributed by atoms with van der Waals surface area (Å²) in [5, 5.41) is 3.30. The van der Waals surface area contributed by atoms with Gasteiger partial charge in [0.2, 0.25) is 10.0 Å². The van der Waals surface area contributed by atoms with Crippen molar-refractivity contribution < 1.29 is 17.9 Å². The normalized spacial score (nSPS) is 17.3. The van der Waals surface area contributed by atoms with Crippen LogP contribution in [0.5, 0.6) is 11.5 Å². The number of sulfonamides is 1. The number of nitrogens with one attached hydrogen (secondary N) is 1. The molecule has 1 fully saturated rings. The molecule has 0 saturated carbocycles. The highest BCUT2D eigenvalue weighted by atomic mass is 35.5. The van der Waals surface area contributed by atoms with Crippen LogP contribution in [0, 0.1) is 0 Å². The van der Waals surface area contributed by atoms with Gasteiger partial charge in [-0.2, -0.15) is 4.31 Å². The van der Waals surface area contributed by atoms with Crippen LogP contribution in [0.1, 0.15) is 6.42 Å². The molecule has 21 heavy (non-hydrogen) atoms. The lowest BCUT2D eigenvalue weighted by molar-refractivity contribution is 0.353. The zero-order valence-corrected chi connectivity index (χ0v) is 13.6. The first kappa shape index (κ1) is 16.4. The zero-order chi connectivity index (χ0) is 15.5. The van der Waals surface area contributed by atoms with E-state index in [-0.39, 0.29) is 9.92 Å². The van der Waals surface area contributed by atoms with E-state index in [0.717, 1.165) is 13.0 Å². The van der Waals surface area contributed by atoms with E-state index in [9.17, 15) is 8.42 Å². The molecule has 118 valence electrons. The molecule has 1 aliphatic heterocycles. The molecule has 0 aliphatic carbocycles. The zero-order valence-electron chi connectivity index (χ0n) is 12.1. The van der Waals surface area contributed by atoms with Crippen molar-refractivity contribution in [3.8, 4) is 11.5 Å². The quantitative estimate of drug-likeness (QED) is 0.900. The Balaban J connectivity index is 2.43. The van der Waals surface area contributed by atoms with Gasteiger partial charge in [-0.25, -0.2) is 8.42 Å². The topological polar surface area (TPSA) is 67.9 Å². The summed E-state index contributed by atoms with van der Waals surface area (Å²) < 4.78 is 37.2. The predicted molar refractivity (Wildman–Crippen MR) is 80.8 cm³/mol. The minimum absolute atomic E-state index is 0.0451. The molecule has 0 atom stereocenters. The van der Waals surface area contributed by atoms with Crippen molar-refractivity contribution in [1.29, 1.82) is 0 Å². The van der Waals surface area contributed by atoms with E-state index in [2.05, 4.69) is 5.32 Å². The number of benzene rings is 1. The lowest BCUT2D eigenvalue weighted by Crippen LogP contribution is -2.34. The van der Waals surface area contributed by atoms with Gasteiger partial charge in [0.25, 0.3) is 0 Å². The van der Waals surface area contributed by atoms with Gasteiger partial charge in [-0.15, -0.1) is 0 Å². The van der Waals surface area contributed by atoms with Crippen LogP contribution in [0.3, 0.4) is 0 Å². The highest BCUT2D eigenvalue weighted by molar-refractivity contribution is 7.89. The molecule has 1 aliphatic rings. The van der Waals surface area contributed by atoms with E-state index in [1.165, 1.54) is 30.7 Å². The second kappa shape index (κ2) is 6.83. The lowest BCUT2D eigenvalue weighted by atomic mass is 10.3. The van der Waals surface area contributed by atoms with E-state index >= 15 is 0 Å². The Bertz CT molecular complexity index is 598. The summed E-state index contributed by atoms with van der Waals surface area (Å²) in [5.41, 5.74) is 0. The number of hydrogen-bond acceptors (Lipinski definition) is 5. The first-order valence-corrected chi connectivity index (χ1v) is 8.45. The first-order valence-electron chi connectivity index (χ1n) is 6.63. The van der Waals surface area contributed by atoms with Crippen molar-refractivity contribution in [2.45, 2.75) is 11.3 Å². The van der Waals surface area contributed by atoms with Crippen LogP contribution >= 0.6 is 11.6 Å². The Hall–Kier alpha value is -1.02. The number of methoxy groups -OCH3 is 2. The molecule has 0 aromatic heterocycles. The molecule has 1 aromatic rings. The van der Waals surface area contributed by atoms with Crippen molar-refractivity contribution >= 4 is 21.6 Å². The number of nitrogens with zero attached hydrogens (tertiary/aromatic N) is 1. The maximum Gasteiger partial charge on any atom is 0.244 e. The average Bonchev–Trinajstić information content (AvgIpc) is 2.76. The molecule has 6 nitrogen and oxygen atoms in total. The number of hydrogen-bond donors (Lipinski definition) is 1. The molecule has 0 amide bonds. The van der Waals surface area contributed by atoms with Crippen LogP contribution in [-0.4, -0.2) is 53.1 Å². The molecular formula is C13H19ClN2O4S. The second-order valence-corrected chi connectivity index (χ2v) is 6.96. The van der Waals surface area contributed by atoms with Gasteiger partial charge in [0.1, 0.15) is 4.90 Å². The Morgan fingerprint density at radius 1 is 1.14 bits per heavy atom. The first-order chi connectivity index (χ1) is 10.0. The van der Waals surface area contributed by atoms with Crippen molar-refractivity contribution in [2.75, 3.05) is 40.4 Å². The summed E-state index contributed by atoms with van der Waals surface area (Å²) >= 11 is 6.12. The molecule has 0 bridgehead atoms. The molecule has 2 rings (SSSR count). The summed E-state index contributed by atoms with van der Waals surface area (Å²) in [7, 11) is -0.716. The van der Waals surface area contributed by atoms with Gasteiger partial charge >= 0.3 is 0 Å². The monoisotopic (exact) mass is 334 g/mol. The SMILES string of the molecule is COc1cc(Cl)c(S(=O)(=O)N2CCCNCC2)cc1OC. The van der Waals surface area contributed by atoms with E-state index < -0.39 is 10.0 Å². The molecule has 8 heteroatoms. The molecule has 1 heterocycles. The summed E-state index contributed by atoms with van der Waals surface area (Å²) in [6.45, 7) is 2.34. The molecule has 0 unspecified atom stereocenters. The Morgan fingerprint density at radius 2 is 1.81 bits per heavy atom. The largest absolute Gasteiger partial charge is 0.493 e. The van der Waals surface area contributed by atoms with Crippen molar-refractivity contribution in [3.63, 3.8) is 0 Å². The Labute approximate surface area is 130 Å². The van der Waals surface area contributed by atoms with Crippen LogP contribution in [0.25, 0.3) is 0 Å². The van der Waals surface area contributed by atoms with E-state index in [1.54, 1.807) is 0 Å². The fraction of sp³-hybridized carbons (Fsp3) is 0.538. The number of ether oxygens (including phenoxy) is 2. The Morgan fingerprint density at radius 3 is 2.48 bits per heavy atom. The van der Waals surface area contributed by atoms with Gasteiger partial charge in [0.15, 0.2) is 11.5 Å². The van der Waals surface area contributed by atoms with Crippen LogP contribution in [0.15, 0.2) is 17.0 Å². The third-order valence-corrected chi connectivity index (χ3v) is 5.72. The van der Waals surface area contributed by atoms with Crippen molar-refractivity contribution in [2.24, 2.45) is 0 Å². The molecule has 0 spiro atoms. The van der Waals surface area contributed by atoms with Gasteiger partial charge in [-0.3, -0.25) is 0 Å². The van der Waals surface area contributed by atoms with Gasteiger partial charge < -0.3 is 14.8 Å². The smallest absolute Gasteiger partial charge is 0.244 e.